The van der Waals surface area contributed by atoms with Crippen LogP contribution in [0.25, 0.3) is 10.9 Å². The van der Waals surface area contributed by atoms with E-state index in [0.717, 1.165) is 18.5 Å². The number of rotatable bonds is 1. The average molecular weight is 214 g/mol. The highest BCUT2D eigenvalue weighted by Gasteiger charge is 2.25. The van der Waals surface area contributed by atoms with Crippen molar-refractivity contribution in [2.75, 3.05) is 18.0 Å². The zero-order valence-electron chi connectivity index (χ0n) is 9.03. The molecule has 2 aliphatic rings. The maximum Gasteiger partial charge on any atom is 0.0944 e. The molecule has 1 aromatic carbocycles. The van der Waals surface area contributed by atoms with Gasteiger partial charge in [0.15, 0.2) is 0 Å². The summed E-state index contributed by atoms with van der Waals surface area (Å²) in [6.07, 6.45) is 1.58. The van der Waals surface area contributed by atoms with Crippen molar-refractivity contribution in [1.82, 2.24) is 4.98 Å². The number of benzene rings is 1. The summed E-state index contributed by atoms with van der Waals surface area (Å²) in [5, 5.41) is 11.1. The lowest BCUT2D eigenvalue weighted by Gasteiger charge is -2.03. The number of hydrogen-bond donors (Lipinski definition) is 2. The van der Waals surface area contributed by atoms with Crippen LogP contribution in [0.4, 0.5) is 5.69 Å². The van der Waals surface area contributed by atoms with Crippen molar-refractivity contribution < 1.29 is 5.11 Å². The first-order valence-electron chi connectivity index (χ1n) is 5.90. The van der Waals surface area contributed by atoms with Crippen LogP contribution < -0.4 is 4.90 Å². The van der Waals surface area contributed by atoms with E-state index in [1.165, 1.54) is 35.2 Å². The number of aromatic amines is 1. The fraction of sp³-hybridized carbons (Fsp3) is 0.385. The van der Waals surface area contributed by atoms with Crippen LogP contribution in [0.3, 0.4) is 0 Å². The Balaban J connectivity index is 1.93. The van der Waals surface area contributed by atoms with E-state index < -0.39 is 0 Å². The Morgan fingerprint density at radius 1 is 1.31 bits per heavy atom. The summed E-state index contributed by atoms with van der Waals surface area (Å²) in [7, 11) is 0. The summed E-state index contributed by atoms with van der Waals surface area (Å²) in [6, 6.07) is 6.58. The Kier molecular flexibility index (Phi) is 1.51. The van der Waals surface area contributed by atoms with Gasteiger partial charge in [-0.15, -0.1) is 0 Å². The fourth-order valence-corrected chi connectivity index (χ4v) is 2.75. The third-order valence-electron chi connectivity index (χ3n) is 3.74. The molecule has 1 aliphatic heterocycles. The molecule has 2 N–H and O–H groups in total. The number of aromatic nitrogens is 1. The number of H-pyrrole nitrogens is 1. The standard InChI is InChI=1S/C13H14N2O/c16-12-4-3-10-9-2-1-8(15-5-6-15)7-11(9)14-13(10)12/h1-2,7,12,14,16H,3-6H2. The first-order valence-corrected chi connectivity index (χ1v) is 5.90. The highest BCUT2D eigenvalue weighted by Crippen LogP contribution is 2.37. The first kappa shape index (κ1) is 8.65. The molecule has 1 aromatic heterocycles. The van der Waals surface area contributed by atoms with Crippen LogP contribution in [-0.4, -0.2) is 23.2 Å². The second kappa shape index (κ2) is 2.80. The highest BCUT2D eigenvalue weighted by atomic mass is 16.3. The van der Waals surface area contributed by atoms with E-state index in [-0.39, 0.29) is 6.10 Å². The van der Waals surface area contributed by atoms with E-state index in [9.17, 15) is 5.11 Å². The lowest BCUT2D eigenvalue weighted by molar-refractivity contribution is 0.176. The van der Waals surface area contributed by atoms with Crippen molar-refractivity contribution in [3.8, 4) is 0 Å². The zero-order valence-corrected chi connectivity index (χ0v) is 9.03. The number of fused-ring (bicyclic) bond motifs is 3. The third-order valence-corrected chi connectivity index (χ3v) is 3.74. The zero-order chi connectivity index (χ0) is 10.7. The molecular weight excluding hydrogens is 200 g/mol. The van der Waals surface area contributed by atoms with Gasteiger partial charge in [0.1, 0.15) is 0 Å². The van der Waals surface area contributed by atoms with E-state index in [1.54, 1.807) is 0 Å². The van der Waals surface area contributed by atoms with Crippen LogP contribution >= 0.6 is 0 Å². The third kappa shape index (κ3) is 1.06. The normalized spacial score (nSPS) is 22.8. The summed E-state index contributed by atoms with van der Waals surface area (Å²) in [5.41, 5.74) is 4.83. The minimum Gasteiger partial charge on any atom is -0.387 e. The first-order chi connectivity index (χ1) is 7.83. The number of aryl methyl sites for hydroxylation is 1. The van der Waals surface area contributed by atoms with Gasteiger partial charge < -0.3 is 15.0 Å². The summed E-state index contributed by atoms with van der Waals surface area (Å²) in [6.45, 7) is 2.35. The van der Waals surface area contributed by atoms with Gasteiger partial charge in [-0.25, -0.2) is 0 Å². The SMILES string of the molecule is OC1CCc2c1[nH]c1cc(N3CC3)ccc21. The smallest absolute Gasteiger partial charge is 0.0944 e. The van der Waals surface area contributed by atoms with Gasteiger partial charge in [0.25, 0.3) is 0 Å². The molecule has 0 spiro atoms. The molecule has 2 heterocycles. The van der Waals surface area contributed by atoms with Gasteiger partial charge in [-0.1, -0.05) is 6.07 Å². The molecular formula is C13H14N2O. The topological polar surface area (TPSA) is 39.0 Å². The summed E-state index contributed by atoms with van der Waals surface area (Å²) >= 11 is 0. The Morgan fingerprint density at radius 2 is 2.19 bits per heavy atom. The summed E-state index contributed by atoms with van der Waals surface area (Å²) < 4.78 is 0. The van der Waals surface area contributed by atoms with Crippen LogP contribution in [0.1, 0.15) is 23.8 Å². The molecule has 1 unspecified atom stereocenters. The predicted octanol–water partition coefficient (Wildman–Crippen LogP) is 1.97. The number of nitrogens with one attached hydrogen (secondary N) is 1. The van der Waals surface area contributed by atoms with Gasteiger partial charge in [-0.2, -0.15) is 0 Å². The number of hydrogen-bond acceptors (Lipinski definition) is 2. The second-order valence-electron chi connectivity index (χ2n) is 4.79. The highest BCUT2D eigenvalue weighted by molar-refractivity contribution is 5.88. The van der Waals surface area contributed by atoms with Crippen LogP contribution in [0.5, 0.6) is 0 Å². The summed E-state index contributed by atoms with van der Waals surface area (Å²) in [4.78, 5) is 5.71. The van der Waals surface area contributed by atoms with Gasteiger partial charge in [0.05, 0.1) is 6.10 Å². The quantitative estimate of drug-likeness (QED) is 0.712. The predicted molar refractivity (Wildman–Crippen MR) is 63.8 cm³/mol. The maximum atomic E-state index is 9.83. The van der Waals surface area contributed by atoms with E-state index in [0.29, 0.717) is 0 Å². The number of aliphatic hydroxyl groups is 1. The van der Waals surface area contributed by atoms with Crippen molar-refractivity contribution in [3.63, 3.8) is 0 Å². The lowest BCUT2D eigenvalue weighted by atomic mass is 10.1. The van der Waals surface area contributed by atoms with Gasteiger partial charge in [0, 0.05) is 35.4 Å². The molecule has 0 bridgehead atoms. The maximum absolute atomic E-state index is 9.83. The molecule has 1 saturated heterocycles. The van der Waals surface area contributed by atoms with Crippen molar-refractivity contribution in [2.24, 2.45) is 0 Å². The molecule has 82 valence electrons. The average Bonchev–Trinajstić information content (AvgIpc) is 2.99. The molecule has 0 saturated carbocycles. The molecule has 0 amide bonds. The largest absolute Gasteiger partial charge is 0.387 e. The van der Waals surface area contributed by atoms with Crippen LogP contribution in [0.2, 0.25) is 0 Å². The van der Waals surface area contributed by atoms with Crippen molar-refractivity contribution in [3.05, 3.63) is 29.5 Å². The number of nitrogens with zero attached hydrogens (tertiary/aromatic N) is 1. The van der Waals surface area contributed by atoms with Gasteiger partial charge in [-0.3, -0.25) is 0 Å². The van der Waals surface area contributed by atoms with Crippen LogP contribution in [0, 0.1) is 0 Å². The Labute approximate surface area is 93.7 Å². The minimum absolute atomic E-state index is 0.285. The molecule has 1 atom stereocenters. The van der Waals surface area contributed by atoms with E-state index in [1.807, 2.05) is 0 Å². The number of aliphatic hydroxyl groups excluding tert-OH is 1. The molecule has 1 aliphatic carbocycles. The molecule has 1 fully saturated rings. The van der Waals surface area contributed by atoms with Gasteiger partial charge in [0.2, 0.25) is 0 Å². The lowest BCUT2D eigenvalue weighted by Crippen LogP contribution is -1.91. The fourth-order valence-electron chi connectivity index (χ4n) is 2.75. The van der Waals surface area contributed by atoms with Crippen molar-refractivity contribution in [1.29, 1.82) is 0 Å². The Hall–Kier alpha value is -1.48. The Morgan fingerprint density at radius 3 is 3.00 bits per heavy atom. The van der Waals surface area contributed by atoms with Crippen molar-refractivity contribution >= 4 is 16.6 Å². The van der Waals surface area contributed by atoms with Crippen LogP contribution in [0.15, 0.2) is 18.2 Å². The monoisotopic (exact) mass is 214 g/mol. The molecule has 16 heavy (non-hydrogen) atoms. The van der Waals surface area contributed by atoms with Gasteiger partial charge in [-0.05, 0) is 30.5 Å². The Bertz CT molecular complexity index is 569. The van der Waals surface area contributed by atoms with E-state index in [4.69, 9.17) is 0 Å². The number of anilines is 1. The second-order valence-corrected chi connectivity index (χ2v) is 4.79. The molecule has 2 aromatic rings. The van der Waals surface area contributed by atoms with E-state index >= 15 is 0 Å². The molecule has 3 nitrogen and oxygen atoms in total. The molecule has 4 rings (SSSR count). The van der Waals surface area contributed by atoms with E-state index in [2.05, 4.69) is 28.1 Å². The van der Waals surface area contributed by atoms with Crippen LogP contribution in [-0.2, 0) is 6.42 Å². The van der Waals surface area contributed by atoms with Crippen molar-refractivity contribution in [2.45, 2.75) is 18.9 Å². The van der Waals surface area contributed by atoms with Gasteiger partial charge >= 0.3 is 0 Å². The molecule has 0 radical (unpaired) electrons. The minimum atomic E-state index is -0.285. The summed E-state index contributed by atoms with van der Waals surface area (Å²) in [5.74, 6) is 0. The molecule has 3 heteroatoms.